The highest BCUT2D eigenvalue weighted by Crippen LogP contribution is 2.23. The van der Waals surface area contributed by atoms with Crippen molar-refractivity contribution in [2.75, 3.05) is 26.2 Å². The molecule has 1 aliphatic rings. The van der Waals surface area contributed by atoms with Crippen molar-refractivity contribution >= 4 is 33.5 Å². The van der Waals surface area contributed by atoms with Crippen molar-refractivity contribution in [3.63, 3.8) is 0 Å². The predicted octanol–water partition coefficient (Wildman–Crippen LogP) is 2.58. The monoisotopic (exact) mass is 496 g/mol. The summed E-state index contributed by atoms with van der Waals surface area (Å²) < 4.78 is 33.8. The average Bonchev–Trinajstić information content (AvgIpc) is 3.06. The van der Waals surface area contributed by atoms with Crippen LogP contribution in [-0.2, 0) is 26.1 Å². The fraction of sp³-hybridized carbons (Fsp3) is 0.500. The summed E-state index contributed by atoms with van der Waals surface area (Å²) in [7, 11) is -3.62. The van der Waals surface area contributed by atoms with E-state index in [1.807, 2.05) is 13.8 Å². The van der Waals surface area contributed by atoms with Gasteiger partial charge in [0.15, 0.2) is 6.10 Å². The Morgan fingerprint density at radius 3 is 2.27 bits per heavy atom. The van der Waals surface area contributed by atoms with Gasteiger partial charge in [-0.15, -0.1) is 0 Å². The molecule has 1 atom stereocenters. The van der Waals surface area contributed by atoms with E-state index in [2.05, 4.69) is 5.10 Å². The van der Waals surface area contributed by atoms with Crippen molar-refractivity contribution in [1.29, 1.82) is 0 Å². The van der Waals surface area contributed by atoms with Crippen LogP contribution in [0.3, 0.4) is 0 Å². The molecule has 1 aromatic carbocycles. The van der Waals surface area contributed by atoms with Crippen molar-refractivity contribution in [1.82, 2.24) is 19.0 Å². The lowest BCUT2D eigenvalue weighted by atomic mass is 10.2. The average molecular weight is 497 g/mol. The van der Waals surface area contributed by atoms with Crippen LogP contribution in [0.2, 0.25) is 5.15 Å². The first-order chi connectivity index (χ1) is 15.5. The molecule has 9 nitrogen and oxygen atoms in total. The second kappa shape index (κ2) is 10.2. The molecule has 11 heteroatoms. The van der Waals surface area contributed by atoms with Crippen molar-refractivity contribution in [3.8, 4) is 0 Å². The van der Waals surface area contributed by atoms with E-state index in [1.165, 1.54) is 16.1 Å². The van der Waals surface area contributed by atoms with E-state index >= 15 is 0 Å². The van der Waals surface area contributed by atoms with Crippen LogP contribution in [0.1, 0.15) is 36.8 Å². The summed E-state index contributed by atoms with van der Waals surface area (Å²) in [4.78, 5) is 27.3. The minimum atomic E-state index is -3.62. The number of halogens is 1. The number of esters is 1. The second-order valence-corrected chi connectivity index (χ2v) is 10.7. The third kappa shape index (κ3) is 5.56. The predicted molar refractivity (Wildman–Crippen MR) is 123 cm³/mol. The Morgan fingerprint density at radius 1 is 1.09 bits per heavy atom. The van der Waals surface area contributed by atoms with Gasteiger partial charge >= 0.3 is 5.97 Å². The van der Waals surface area contributed by atoms with E-state index in [1.54, 1.807) is 41.9 Å². The van der Waals surface area contributed by atoms with Gasteiger partial charge in [-0.2, -0.15) is 9.40 Å². The maximum Gasteiger partial charge on any atom is 0.343 e. The number of aromatic nitrogens is 2. The number of carbonyl (C=O) groups excluding carboxylic acids is 2. The number of hydrogen-bond donors (Lipinski definition) is 0. The van der Waals surface area contributed by atoms with Crippen LogP contribution in [0.5, 0.6) is 0 Å². The SMILES string of the molecule is Cc1nn(CC(C)C)c(Cl)c1C(=O)O[C@@H](C)C(=O)N1CCN(S(=O)(=O)c2ccccc2)CC1. The van der Waals surface area contributed by atoms with Crippen molar-refractivity contribution < 1.29 is 22.7 Å². The normalized spacial score (nSPS) is 16.1. The lowest BCUT2D eigenvalue weighted by Gasteiger charge is -2.35. The number of nitrogens with zero attached hydrogens (tertiary/aromatic N) is 4. The van der Waals surface area contributed by atoms with Gasteiger partial charge in [0.2, 0.25) is 10.0 Å². The molecule has 1 aromatic heterocycles. The third-order valence-electron chi connectivity index (χ3n) is 5.37. The van der Waals surface area contributed by atoms with Gasteiger partial charge < -0.3 is 9.64 Å². The van der Waals surface area contributed by atoms with Crippen molar-refractivity contribution in [3.05, 3.63) is 46.7 Å². The quantitative estimate of drug-likeness (QED) is 0.546. The van der Waals surface area contributed by atoms with Crippen LogP contribution in [0.4, 0.5) is 0 Å². The molecule has 0 spiro atoms. The fourth-order valence-corrected chi connectivity index (χ4v) is 5.43. The molecular weight excluding hydrogens is 468 g/mol. The highest BCUT2D eigenvalue weighted by molar-refractivity contribution is 7.89. The van der Waals surface area contributed by atoms with E-state index in [9.17, 15) is 18.0 Å². The molecule has 1 aliphatic heterocycles. The van der Waals surface area contributed by atoms with E-state index < -0.39 is 22.1 Å². The minimum absolute atomic E-state index is 0.149. The molecule has 2 heterocycles. The molecule has 1 saturated heterocycles. The Kier molecular flexibility index (Phi) is 7.81. The molecule has 180 valence electrons. The summed E-state index contributed by atoms with van der Waals surface area (Å²) in [6.07, 6.45) is -1.04. The van der Waals surface area contributed by atoms with Gasteiger partial charge in [-0.05, 0) is 31.9 Å². The van der Waals surface area contributed by atoms with Crippen LogP contribution in [0, 0.1) is 12.8 Å². The van der Waals surface area contributed by atoms with Gasteiger partial charge in [0.05, 0.1) is 10.6 Å². The molecule has 1 amide bonds. The number of piperazine rings is 1. The van der Waals surface area contributed by atoms with E-state index in [0.717, 1.165) is 0 Å². The number of ether oxygens (including phenoxy) is 1. The zero-order chi connectivity index (χ0) is 24.3. The number of benzene rings is 1. The summed E-state index contributed by atoms with van der Waals surface area (Å²) >= 11 is 6.33. The number of aryl methyl sites for hydroxylation is 1. The van der Waals surface area contributed by atoms with Gasteiger partial charge in [0.25, 0.3) is 5.91 Å². The minimum Gasteiger partial charge on any atom is -0.449 e. The Hall–Kier alpha value is -2.43. The second-order valence-electron chi connectivity index (χ2n) is 8.42. The molecule has 0 radical (unpaired) electrons. The van der Waals surface area contributed by atoms with Crippen LogP contribution in [-0.4, -0.2) is 71.6 Å². The van der Waals surface area contributed by atoms with Crippen LogP contribution in [0.25, 0.3) is 0 Å². The molecule has 0 saturated carbocycles. The van der Waals surface area contributed by atoms with E-state index in [0.29, 0.717) is 12.2 Å². The number of sulfonamides is 1. The molecule has 0 unspecified atom stereocenters. The standard InChI is InChI=1S/C22H29ClN4O5S/c1-15(2)14-27-20(23)19(16(3)24-27)22(29)32-17(4)21(28)25-10-12-26(13-11-25)33(30,31)18-8-6-5-7-9-18/h5-9,15,17H,10-14H2,1-4H3/t17-/m0/s1. The van der Waals surface area contributed by atoms with E-state index in [4.69, 9.17) is 16.3 Å². The smallest absolute Gasteiger partial charge is 0.343 e. The van der Waals surface area contributed by atoms with Crippen molar-refractivity contribution in [2.24, 2.45) is 5.92 Å². The van der Waals surface area contributed by atoms with Gasteiger partial charge in [-0.1, -0.05) is 43.6 Å². The Bertz CT molecular complexity index is 1110. The molecule has 3 rings (SSSR count). The zero-order valence-corrected chi connectivity index (χ0v) is 20.8. The zero-order valence-electron chi connectivity index (χ0n) is 19.2. The number of hydrogen-bond acceptors (Lipinski definition) is 6. The Balaban J connectivity index is 1.60. The Morgan fingerprint density at radius 2 is 1.70 bits per heavy atom. The maximum atomic E-state index is 12.8. The highest BCUT2D eigenvalue weighted by atomic mass is 35.5. The van der Waals surface area contributed by atoms with Crippen LogP contribution < -0.4 is 0 Å². The third-order valence-corrected chi connectivity index (χ3v) is 7.67. The highest BCUT2D eigenvalue weighted by Gasteiger charge is 2.33. The van der Waals surface area contributed by atoms with Crippen molar-refractivity contribution in [2.45, 2.75) is 45.2 Å². The largest absolute Gasteiger partial charge is 0.449 e. The topological polar surface area (TPSA) is 102 Å². The van der Waals surface area contributed by atoms with Crippen LogP contribution in [0.15, 0.2) is 35.2 Å². The summed E-state index contributed by atoms with van der Waals surface area (Å²) in [6, 6.07) is 8.18. The van der Waals surface area contributed by atoms with E-state index in [-0.39, 0.29) is 53.6 Å². The molecule has 33 heavy (non-hydrogen) atoms. The summed E-state index contributed by atoms with van der Waals surface area (Å²) in [5.74, 6) is -0.808. The molecule has 0 N–H and O–H groups in total. The van der Waals surface area contributed by atoms with Gasteiger partial charge in [0, 0.05) is 32.7 Å². The first-order valence-electron chi connectivity index (χ1n) is 10.8. The van der Waals surface area contributed by atoms with Gasteiger partial charge in [0.1, 0.15) is 10.7 Å². The lowest BCUT2D eigenvalue weighted by molar-refractivity contribution is -0.141. The first kappa shape index (κ1) is 25.2. The Labute approximate surface area is 199 Å². The molecule has 0 bridgehead atoms. The molecule has 2 aromatic rings. The molecule has 0 aliphatic carbocycles. The summed E-state index contributed by atoms with van der Waals surface area (Å²) in [5, 5.41) is 4.48. The number of rotatable bonds is 7. The summed E-state index contributed by atoms with van der Waals surface area (Å²) in [5.41, 5.74) is 0.584. The number of amides is 1. The lowest BCUT2D eigenvalue weighted by Crippen LogP contribution is -2.52. The number of carbonyl (C=O) groups is 2. The van der Waals surface area contributed by atoms with Gasteiger partial charge in [-0.25, -0.2) is 13.2 Å². The molecule has 1 fully saturated rings. The fourth-order valence-electron chi connectivity index (χ4n) is 3.67. The summed E-state index contributed by atoms with van der Waals surface area (Å²) in [6.45, 7) is 8.48. The maximum absolute atomic E-state index is 12.8. The first-order valence-corrected chi connectivity index (χ1v) is 12.6. The molecular formula is C22H29ClN4O5S. The van der Waals surface area contributed by atoms with Crippen LogP contribution >= 0.6 is 11.6 Å². The van der Waals surface area contributed by atoms with Gasteiger partial charge in [-0.3, -0.25) is 9.48 Å².